The molecule has 0 bridgehead atoms. The summed E-state index contributed by atoms with van der Waals surface area (Å²) in [7, 11) is 0. The maximum Gasteiger partial charge on any atom is 0.339 e. The number of aryl methyl sites for hydroxylation is 1. The van der Waals surface area contributed by atoms with Crippen LogP contribution in [-0.4, -0.2) is 16.8 Å². The highest BCUT2D eigenvalue weighted by Gasteiger charge is 2.28. The van der Waals surface area contributed by atoms with Crippen molar-refractivity contribution in [2.24, 2.45) is 0 Å². The van der Waals surface area contributed by atoms with Crippen molar-refractivity contribution in [1.29, 1.82) is 0 Å². The quantitative estimate of drug-likeness (QED) is 0.239. The van der Waals surface area contributed by atoms with Gasteiger partial charge in [-0.3, -0.25) is 14.9 Å². The minimum atomic E-state index is -1.31. The number of nitrogens with zero attached hydrogens (tertiary/aromatic N) is 1. The van der Waals surface area contributed by atoms with E-state index in [0.29, 0.717) is 22.1 Å². The summed E-state index contributed by atoms with van der Waals surface area (Å²) in [5, 5.41) is 15.6. The van der Waals surface area contributed by atoms with Crippen molar-refractivity contribution in [2.75, 3.05) is 5.32 Å². The van der Waals surface area contributed by atoms with Crippen molar-refractivity contribution in [3.8, 4) is 0 Å². The van der Waals surface area contributed by atoms with E-state index in [9.17, 15) is 19.7 Å². The number of amides is 1. The van der Waals surface area contributed by atoms with Gasteiger partial charge in [-0.1, -0.05) is 72.8 Å². The first kappa shape index (κ1) is 21.7. The number of hydrogen-bond donors (Lipinski definition) is 1. The maximum atomic E-state index is 13.2. The highest BCUT2D eigenvalue weighted by molar-refractivity contribution is 6.06. The minimum absolute atomic E-state index is 0.0257. The lowest BCUT2D eigenvalue weighted by molar-refractivity contribution is -0.384. The van der Waals surface area contributed by atoms with Crippen LogP contribution >= 0.6 is 0 Å². The standard InChI is InChI=1S/C26H20N2O5/c1-17-14-15-22(23(16-17)28(31)32)27-25(29)24(19-9-3-2-4-10-19)33-26(30)21-13-7-11-18-8-5-6-12-20(18)21/h2-16,24H,1H3,(H,27,29). The summed E-state index contributed by atoms with van der Waals surface area (Å²) in [5.41, 5.74) is 1.23. The molecular weight excluding hydrogens is 420 g/mol. The Labute approximate surface area is 189 Å². The Balaban J connectivity index is 1.67. The van der Waals surface area contributed by atoms with E-state index < -0.39 is 22.9 Å². The van der Waals surface area contributed by atoms with Crippen LogP contribution in [0.4, 0.5) is 11.4 Å². The summed E-state index contributed by atoms with van der Waals surface area (Å²) in [6, 6.07) is 25.6. The molecule has 0 saturated carbocycles. The van der Waals surface area contributed by atoms with Gasteiger partial charge < -0.3 is 10.1 Å². The lowest BCUT2D eigenvalue weighted by Crippen LogP contribution is -2.26. The molecule has 0 saturated heterocycles. The number of anilines is 1. The molecule has 1 unspecified atom stereocenters. The van der Waals surface area contributed by atoms with E-state index in [4.69, 9.17) is 4.74 Å². The van der Waals surface area contributed by atoms with E-state index >= 15 is 0 Å². The molecule has 0 aliphatic heterocycles. The van der Waals surface area contributed by atoms with Gasteiger partial charge in [0.2, 0.25) is 6.10 Å². The molecule has 0 fully saturated rings. The molecule has 1 N–H and O–H groups in total. The lowest BCUT2D eigenvalue weighted by Gasteiger charge is -2.19. The van der Waals surface area contributed by atoms with Gasteiger partial charge in [0, 0.05) is 11.6 Å². The molecule has 0 aromatic heterocycles. The number of nitro benzene ring substituents is 1. The van der Waals surface area contributed by atoms with Crippen LogP contribution in [0, 0.1) is 17.0 Å². The molecule has 7 heteroatoms. The van der Waals surface area contributed by atoms with Gasteiger partial charge in [0.1, 0.15) is 5.69 Å². The largest absolute Gasteiger partial charge is 0.444 e. The van der Waals surface area contributed by atoms with Gasteiger partial charge in [0.25, 0.3) is 11.6 Å². The van der Waals surface area contributed by atoms with Gasteiger partial charge in [-0.25, -0.2) is 4.79 Å². The second kappa shape index (κ2) is 9.32. The zero-order chi connectivity index (χ0) is 23.4. The van der Waals surface area contributed by atoms with Crippen LogP contribution in [0.1, 0.15) is 27.6 Å². The van der Waals surface area contributed by atoms with Crippen molar-refractivity contribution in [1.82, 2.24) is 0 Å². The molecule has 0 spiro atoms. The Morgan fingerprint density at radius 2 is 1.61 bits per heavy atom. The van der Waals surface area contributed by atoms with Crippen LogP contribution in [0.2, 0.25) is 0 Å². The van der Waals surface area contributed by atoms with Gasteiger partial charge in [-0.05, 0) is 35.4 Å². The van der Waals surface area contributed by atoms with Crippen molar-refractivity contribution in [3.63, 3.8) is 0 Å². The zero-order valence-corrected chi connectivity index (χ0v) is 17.7. The summed E-state index contributed by atoms with van der Waals surface area (Å²) < 4.78 is 5.67. The van der Waals surface area contributed by atoms with E-state index in [1.165, 1.54) is 12.1 Å². The van der Waals surface area contributed by atoms with Crippen molar-refractivity contribution < 1.29 is 19.2 Å². The number of nitro groups is 1. The fraction of sp³-hybridized carbons (Fsp3) is 0.0769. The number of carbonyl (C=O) groups excluding carboxylic acids is 2. The maximum absolute atomic E-state index is 13.2. The van der Waals surface area contributed by atoms with E-state index in [0.717, 1.165) is 5.39 Å². The van der Waals surface area contributed by atoms with Crippen molar-refractivity contribution in [3.05, 3.63) is 118 Å². The third-order valence-corrected chi connectivity index (χ3v) is 5.18. The lowest BCUT2D eigenvalue weighted by atomic mass is 10.0. The third kappa shape index (κ3) is 4.72. The number of hydrogen-bond acceptors (Lipinski definition) is 5. The highest BCUT2D eigenvalue weighted by Crippen LogP contribution is 2.29. The molecule has 0 heterocycles. The molecule has 4 aromatic rings. The van der Waals surface area contributed by atoms with Crippen molar-refractivity contribution >= 4 is 34.0 Å². The topological polar surface area (TPSA) is 98.5 Å². The number of carbonyl (C=O) groups is 2. The van der Waals surface area contributed by atoms with Crippen molar-refractivity contribution in [2.45, 2.75) is 13.0 Å². The van der Waals surface area contributed by atoms with Gasteiger partial charge in [0.15, 0.2) is 0 Å². The number of fused-ring (bicyclic) bond motifs is 1. The second-order valence-electron chi connectivity index (χ2n) is 7.49. The molecule has 0 radical (unpaired) electrons. The van der Waals surface area contributed by atoms with Gasteiger partial charge in [-0.15, -0.1) is 0 Å². The first-order valence-corrected chi connectivity index (χ1v) is 10.2. The van der Waals surface area contributed by atoms with Gasteiger partial charge in [-0.2, -0.15) is 0 Å². The Kier molecular flexibility index (Phi) is 6.13. The van der Waals surface area contributed by atoms with E-state index in [1.54, 1.807) is 61.5 Å². The Hall–Kier alpha value is -4.52. The average molecular weight is 440 g/mol. The fourth-order valence-electron chi connectivity index (χ4n) is 3.57. The van der Waals surface area contributed by atoms with Crippen LogP contribution in [0.5, 0.6) is 0 Å². The second-order valence-corrected chi connectivity index (χ2v) is 7.49. The Bertz CT molecular complexity index is 1350. The average Bonchev–Trinajstić information content (AvgIpc) is 2.83. The van der Waals surface area contributed by atoms with Gasteiger partial charge >= 0.3 is 5.97 Å². The number of benzene rings is 4. The Morgan fingerprint density at radius 3 is 2.36 bits per heavy atom. The zero-order valence-electron chi connectivity index (χ0n) is 17.7. The summed E-state index contributed by atoms with van der Waals surface area (Å²) >= 11 is 0. The number of ether oxygens (including phenoxy) is 1. The fourth-order valence-corrected chi connectivity index (χ4v) is 3.57. The predicted octanol–water partition coefficient (Wildman–Crippen LogP) is 5.59. The summed E-state index contributed by atoms with van der Waals surface area (Å²) in [6.45, 7) is 1.72. The first-order valence-electron chi connectivity index (χ1n) is 10.2. The summed E-state index contributed by atoms with van der Waals surface area (Å²) in [5.74, 6) is -1.36. The SMILES string of the molecule is Cc1ccc(NC(=O)C(OC(=O)c2cccc3ccccc23)c2ccccc2)c([N+](=O)[O-])c1. The highest BCUT2D eigenvalue weighted by atomic mass is 16.6. The molecule has 4 rings (SSSR count). The number of rotatable bonds is 6. The van der Waals surface area contributed by atoms with E-state index in [-0.39, 0.29) is 11.4 Å². The van der Waals surface area contributed by atoms with Crippen LogP contribution in [-0.2, 0) is 9.53 Å². The molecule has 33 heavy (non-hydrogen) atoms. The molecule has 1 atom stereocenters. The summed E-state index contributed by atoms with van der Waals surface area (Å²) in [6.07, 6.45) is -1.31. The van der Waals surface area contributed by atoms with Gasteiger partial charge in [0.05, 0.1) is 10.5 Å². The molecule has 1 amide bonds. The smallest absolute Gasteiger partial charge is 0.339 e. The van der Waals surface area contributed by atoms with E-state index in [1.807, 2.05) is 24.3 Å². The number of nitrogens with one attached hydrogen (secondary N) is 1. The van der Waals surface area contributed by atoms with Crippen LogP contribution in [0.25, 0.3) is 10.8 Å². The number of esters is 1. The van der Waals surface area contributed by atoms with Crippen LogP contribution < -0.4 is 5.32 Å². The van der Waals surface area contributed by atoms with Crippen LogP contribution in [0.15, 0.2) is 91.0 Å². The molecule has 164 valence electrons. The van der Waals surface area contributed by atoms with E-state index in [2.05, 4.69) is 5.32 Å². The first-order chi connectivity index (χ1) is 15.9. The third-order valence-electron chi connectivity index (χ3n) is 5.18. The Morgan fingerprint density at radius 1 is 0.909 bits per heavy atom. The molecule has 0 aliphatic carbocycles. The molecular formula is C26H20N2O5. The normalized spacial score (nSPS) is 11.5. The monoisotopic (exact) mass is 440 g/mol. The summed E-state index contributed by atoms with van der Waals surface area (Å²) in [4.78, 5) is 37.2. The van der Waals surface area contributed by atoms with Crippen LogP contribution in [0.3, 0.4) is 0 Å². The molecule has 4 aromatic carbocycles. The predicted molar refractivity (Wildman–Crippen MR) is 125 cm³/mol. The molecule has 7 nitrogen and oxygen atoms in total. The molecule has 0 aliphatic rings. The minimum Gasteiger partial charge on any atom is -0.444 e.